The van der Waals surface area contributed by atoms with Crippen LogP contribution < -0.4 is 0 Å². The average Bonchev–Trinajstić information content (AvgIpc) is 3.01. The fourth-order valence-corrected chi connectivity index (χ4v) is 3.11. The number of hydrogen-bond acceptors (Lipinski definition) is 3. The van der Waals surface area contributed by atoms with Gasteiger partial charge in [0.05, 0.1) is 18.8 Å². The van der Waals surface area contributed by atoms with E-state index in [9.17, 15) is 14.3 Å². The van der Waals surface area contributed by atoms with Gasteiger partial charge in [-0.1, -0.05) is 0 Å². The lowest BCUT2D eigenvalue weighted by molar-refractivity contribution is 0.131. The standard InChI is InChI=1S/C18H15FN4O2/c19-14-3-1-13(2-4-14)17-16(12-5-7-20-8-6-12)15-11-22(18(24)25)9-10-23(15)21-17/h1-8H,9-11H2,(H,24,25). The summed E-state index contributed by atoms with van der Waals surface area (Å²) < 4.78 is 15.1. The number of benzene rings is 1. The van der Waals surface area contributed by atoms with Crippen molar-refractivity contribution in [2.24, 2.45) is 0 Å². The third-order valence-corrected chi connectivity index (χ3v) is 4.34. The molecule has 2 aromatic heterocycles. The van der Waals surface area contributed by atoms with Gasteiger partial charge in [-0.2, -0.15) is 5.10 Å². The van der Waals surface area contributed by atoms with Gasteiger partial charge in [-0.3, -0.25) is 9.67 Å². The first-order chi connectivity index (χ1) is 12.1. The molecule has 1 amide bonds. The largest absolute Gasteiger partial charge is 0.465 e. The van der Waals surface area contributed by atoms with Crippen molar-refractivity contribution in [3.05, 3.63) is 60.3 Å². The van der Waals surface area contributed by atoms with E-state index in [1.165, 1.54) is 17.0 Å². The summed E-state index contributed by atoms with van der Waals surface area (Å²) in [4.78, 5) is 16.8. The van der Waals surface area contributed by atoms with Gasteiger partial charge in [0.1, 0.15) is 11.5 Å². The van der Waals surface area contributed by atoms with Crippen LogP contribution in [0.3, 0.4) is 0 Å². The number of aromatic nitrogens is 3. The molecule has 0 saturated carbocycles. The van der Waals surface area contributed by atoms with E-state index in [1.807, 2.05) is 16.8 Å². The SMILES string of the molecule is O=C(O)N1CCn2nc(-c3ccc(F)cc3)c(-c3ccncc3)c2C1. The molecule has 126 valence electrons. The molecule has 3 heterocycles. The van der Waals surface area contributed by atoms with Crippen molar-refractivity contribution in [3.8, 4) is 22.4 Å². The highest BCUT2D eigenvalue weighted by Gasteiger charge is 2.27. The molecule has 0 aliphatic carbocycles. The summed E-state index contributed by atoms with van der Waals surface area (Å²) >= 11 is 0. The van der Waals surface area contributed by atoms with Crippen molar-refractivity contribution in [2.75, 3.05) is 6.54 Å². The molecule has 7 heteroatoms. The molecule has 1 aromatic carbocycles. The van der Waals surface area contributed by atoms with Crippen LogP contribution in [0.1, 0.15) is 5.69 Å². The number of nitrogens with zero attached hydrogens (tertiary/aromatic N) is 4. The first-order valence-corrected chi connectivity index (χ1v) is 7.87. The first kappa shape index (κ1) is 15.3. The molecule has 0 radical (unpaired) electrons. The van der Waals surface area contributed by atoms with Gasteiger partial charge in [0.2, 0.25) is 0 Å². The van der Waals surface area contributed by atoms with Gasteiger partial charge in [-0.05, 0) is 42.0 Å². The maximum absolute atomic E-state index is 13.3. The minimum Gasteiger partial charge on any atom is -0.465 e. The number of hydrogen-bond donors (Lipinski definition) is 1. The lowest BCUT2D eigenvalue weighted by Crippen LogP contribution is -2.37. The topological polar surface area (TPSA) is 71.2 Å². The number of halogens is 1. The van der Waals surface area contributed by atoms with E-state index in [2.05, 4.69) is 10.1 Å². The van der Waals surface area contributed by atoms with E-state index in [0.717, 1.165) is 22.4 Å². The summed E-state index contributed by atoms with van der Waals surface area (Å²) in [6.07, 6.45) is 2.42. The van der Waals surface area contributed by atoms with Crippen molar-refractivity contribution in [1.82, 2.24) is 19.7 Å². The number of rotatable bonds is 2. The number of pyridine rings is 1. The number of carboxylic acid groups (broad SMARTS) is 1. The summed E-state index contributed by atoms with van der Waals surface area (Å²) in [7, 11) is 0. The van der Waals surface area contributed by atoms with Crippen molar-refractivity contribution < 1.29 is 14.3 Å². The van der Waals surface area contributed by atoms with Crippen LogP contribution in [0, 0.1) is 5.82 Å². The zero-order valence-corrected chi connectivity index (χ0v) is 13.3. The molecular weight excluding hydrogens is 323 g/mol. The normalized spacial score (nSPS) is 13.6. The summed E-state index contributed by atoms with van der Waals surface area (Å²) in [5.41, 5.74) is 4.10. The van der Waals surface area contributed by atoms with Crippen LogP contribution in [0.15, 0.2) is 48.8 Å². The number of fused-ring (bicyclic) bond motifs is 1. The second-order valence-electron chi connectivity index (χ2n) is 5.84. The predicted octanol–water partition coefficient (Wildman–Crippen LogP) is 3.24. The molecule has 0 unspecified atom stereocenters. The first-order valence-electron chi connectivity index (χ1n) is 7.87. The molecule has 0 saturated heterocycles. The van der Waals surface area contributed by atoms with Gasteiger partial charge in [0, 0.05) is 30.1 Å². The predicted molar refractivity (Wildman–Crippen MR) is 89.3 cm³/mol. The third-order valence-electron chi connectivity index (χ3n) is 4.34. The molecule has 3 aromatic rings. The zero-order valence-electron chi connectivity index (χ0n) is 13.3. The van der Waals surface area contributed by atoms with Crippen LogP contribution >= 0.6 is 0 Å². The Hall–Kier alpha value is -3.22. The smallest absolute Gasteiger partial charge is 0.407 e. The van der Waals surface area contributed by atoms with Crippen molar-refractivity contribution in [3.63, 3.8) is 0 Å². The van der Waals surface area contributed by atoms with Gasteiger partial charge in [0.15, 0.2) is 0 Å². The molecular formula is C18H15FN4O2. The molecule has 0 bridgehead atoms. The summed E-state index contributed by atoms with van der Waals surface area (Å²) in [5.74, 6) is -0.310. The van der Waals surface area contributed by atoms with Crippen molar-refractivity contribution >= 4 is 6.09 Å². The zero-order chi connectivity index (χ0) is 17.4. The Labute approximate surface area is 143 Å². The summed E-state index contributed by atoms with van der Waals surface area (Å²) in [5, 5.41) is 14.0. The Morgan fingerprint density at radius 1 is 1.04 bits per heavy atom. The van der Waals surface area contributed by atoms with E-state index >= 15 is 0 Å². The fourth-order valence-electron chi connectivity index (χ4n) is 3.11. The number of carbonyl (C=O) groups is 1. The Morgan fingerprint density at radius 2 is 1.76 bits per heavy atom. The molecule has 1 N–H and O–H groups in total. The van der Waals surface area contributed by atoms with E-state index in [4.69, 9.17) is 0 Å². The van der Waals surface area contributed by atoms with Crippen LogP contribution in [0.2, 0.25) is 0 Å². The monoisotopic (exact) mass is 338 g/mol. The Bertz CT molecular complexity index is 922. The fraction of sp³-hybridized carbons (Fsp3) is 0.167. The molecule has 6 nitrogen and oxygen atoms in total. The Balaban J connectivity index is 1.90. The van der Waals surface area contributed by atoms with Crippen molar-refractivity contribution in [2.45, 2.75) is 13.1 Å². The van der Waals surface area contributed by atoms with Gasteiger partial charge >= 0.3 is 6.09 Å². The average molecular weight is 338 g/mol. The second-order valence-corrected chi connectivity index (χ2v) is 5.84. The van der Waals surface area contributed by atoms with Crippen LogP contribution in [-0.4, -0.2) is 37.4 Å². The lowest BCUT2D eigenvalue weighted by atomic mass is 9.99. The van der Waals surface area contributed by atoms with E-state index in [1.54, 1.807) is 24.5 Å². The van der Waals surface area contributed by atoms with Gasteiger partial charge < -0.3 is 10.0 Å². The maximum atomic E-state index is 13.3. The highest BCUT2D eigenvalue weighted by molar-refractivity contribution is 5.83. The highest BCUT2D eigenvalue weighted by atomic mass is 19.1. The molecule has 0 fully saturated rings. The molecule has 4 rings (SSSR count). The van der Waals surface area contributed by atoms with Crippen LogP contribution in [0.5, 0.6) is 0 Å². The maximum Gasteiger partial charge on any atom is 0.407 e. The lowest BCUT2D eigenvalue weighted by Gasteiger charge is -2.25. The highest BCUT2D eigenvalue weighted by Crippen LogP contribution is 2.36. The quantitative estimate of drug-likeness (QED) is 0.779. The molecule has 1 aliphatic rings. The Morgan fingerprint density at radius 3 is 2.44 bits per heavy atom. The van der Waals surface area contributed by atoms with Gasteiger partial charge in [-0.25, -0.2) is 9.18 Å². The van der Waals surface area contributed by atoms with Crippen LogP contribution in [0.25, 0.3) is 22.4 Å². The summed E-state index contributed by atoms with van der Waals surface area (Å²) in [6, 6.07) is 9.89. The molecule has 0 spiro atoms. The van der Waals surface area contributed by atoms with Crippen molar-refractivity contribution in [1.29, 1.82) is 0 Å². The third kappa shape index (κ3) is 2.73. The minimum absolute atomic E-state index is 0.265. The molecule has 0 atom stereocenters. The molecule has 25 heavy (non-hydrogen) atoms. The van der Waals surface area contributed by atoms with Gasteiger partial charge in [-0.15, -0.1) is 0 Å². The van der Waals surface area contributed by atoms with E-state index < -0.39 is 6.09 Å². The Kier molecular flexibility index (Phi) is 3.68. The molecule has 1 aliphatic heterocycles. The second kappa shape index (κ2) is 6.01. The summed E-state index contributed by atoms with van der Waals surface area (Å²) in [6.45, 7) is 1.14. The van der Waals surface area contributed by atoms with Crippen LogP contribution in [0.4, 0.5) is 9.18 Å². The van der Waals surface area contributed by atoms with Gasteiger partial charge in [0.25, 0.3) is 0 Å². The number of amides is 1. The van der Waals surface area contributed by atoms with Crippen LogP contribution in [-0.2, 0) is 13.1 Å². The van der Waals surface area contributed by atoms with E-state index in [0.29, 0.717) is 18.8 Å². The minimum atomic E-state index is -0.948. The van der Waals surface area contributed by atoms with E-state index in [-0.39, 0.29) is 12.4 Å².